The van der Waals surface area contributed by atoms with E-state index in [1.54, 1.807) is 31.2 Å². The smallest absolute Gasteiger partial charge is 0.335 e. The number of hydrogen-bond acceptors (Lipinski definition) is 2. The molecule has 2 N–H and O–H groups in total. The molecule has 4 heteroatoms. The van der Waals surface area contributed by atoms with E-state index >= 15 is 0 Å². The normalized spacial score (nSPS) is 10.2. The lowest BCUT2D eigenvalue weighted by molar-refractivity contribution is 0.0685. The highest BCUT2D eigenvalue weighted by Crippen LogP contribution is 2.26. The van der Waals surface area contributed by atoms with Gasteiger partial charge in [-0.15, -0.1) is 0 Å². The van der Waals surface area contributed by atoms with Crippen LogP contribution in [0, 0.1) is 6.92 Å². The Hall–Kier alpha value is -2.62. The first-order valence-corrected chi connectivity index (χ1v) is 5.67. The summed E-state index contributed by atoms with van der Waals surface area (Å²) in [6.07, 6.45) is 0. The van der Waals surface area contributed by atoms with Crippen LogP contribution in [0.2, 0.25) is 0 Å². The first-order chi connectivity index (χ1) is 9.00. The summed E-state index contributed by atoms with van der Waals surface area (Å²) in [5.41, 5.74) is 2.44. The Bertz CT molecular complexity index is 659. The molecular formula is C15H12O4. The maximum Gasteiger partial charge on any atom is 0.335 e. The van der Waals surface area contributed by atoms with Crippen LogP contribution in [0.5, 0.6) is 0 Å². The van der Waals surface area contributed by atoms with Gasteiger partial charge in [-0.1, -0.05) is 24.3 Å². The van der Waals surface area contributed by atoms with E-state index in [0.717, 1.165) is 5.56 Å². The standard InChI is InChI=1S/C15H12O4/c1-9-12(6-3-7-13(9)15(18)19)10-4-2-5-11(8-10)14(16)17/h2-8H,1H3,(H,16,17)(H,18,19). The third-order valence-electron chi connectivity index (χ3n) is 2.98. The molecule has 0 aromatic heterocycles. The van der Waals surface area contributed by atoms with Gasteiger partial charge in [0.1, 0.15) is 0 Å². The molecule has 0 fully saturated rings. The highest BCUT2D eigenvalue weighted by Gasteiger charge is 2.12. The van der Waals surface area contributed by atoms with E-state index in [-0.39, 0.29) is 11.1 Å². The Labute approximate surface area is 109 Å². The second kappa shape index (κ2) is 4.94. The molecule has 2 rings (SSSR count). The van der Waals surface area contributed by atoms with Gasteiger partial charge in [0.2, 0.25) is 0 Å². The summed E-state index contributed by atoms with van der Waals surface area (Å²) in [5.74, 6) is -2.00. The zero-order chi connectivity index (χ0) is 14.0. The third-order valence-corrected chi connectivity index (χ3v) is 2.98. The van der Waals surface area contributed by atoms with Crippen LogP contribution >= 0.6 is 0 Å². The average molecular weight is 256 g/mol. The monoisotopic (exact) mass is 256 g/mol. The minimum atomic E-state index is -1.01. The van der Waals surface area contributed by atoms with Crippen molar-refractivity contribution in [2.24, 2.45) is 0 Å². The van der Waals surface area contributed by atoms with Crippen molar-refractivity contribution in [3.05, 3.63) is 59.2 Å². The molecule has 0 aliphatic heterocycles. The Morgan fingerprint density at radius 3 is 2.26 bits per heavy atom. The lowest BCUT2D eigenvalue weighted by atomic mass is 9.95. The highest BCUT2D eigenvalue weighted by molar-refractivity contribution is 5.93. The van der Waals surface area contributed by atoms with Crippen molar-refractivity contribution >= 4 is 11.9 Å². The van der Waals surface area contributed by atoms with Crippen LogP contribution in [-0.2, 0) is 0 Å². The van der Waals surface area contributed by atoms with Crippen LogP contribution < -0.4 is 0 Å². The highest BCUT2D eigenvalue weighted by atomic mass is 16.4. The summed E-state index contributed by atoms with van der Waals surface area (Å²) >= 11 is 0. The molecule has 0 unspecified atom stereocenters. The molecule has 0 heterocycles. The zero-order valence-corrected chi connectivity index (χ0v) is 10.3. The second-order valence-corrected chi connectivity index (χ2v) is 4.17. The Morgan fingerprint density at radius 2 is 1.63 bits per heavy atom. The lowest BCUT2D eigenvalue weighted by Gasteiger charge is -2.09. The lowest BCUT2D eigenvalue weighted by Crippen LogP contribution is -2.01. The number of carboxylic acid groups (broad SMARTS) is 2. The van der Waals surface area contributed by atoms with Gasteiger partial charge >= 0.3 is 11.9 Å². The molecule has 0 saturated heterocycles. The molecular weight excluding hydrogens is 244 g/mol. The van der Waals surface area contributed by atoms with Crippen molar-refractivity contribution in [2.75, 3.05) is 0 Å². The van der Waals surface area contributed by atoms with Gasteiger partial charge < -0.3 is 10.2 Å². The molecule has 2 aromatic rings. The van der Waals surface area contributed by atoms with Gasteiger partial charge in [0.15, 0.2) is 0 Å². The van der Waals surface area contributed by atoms with Gasteiger partial charge in [-0.2, -0.15) is 0 Å². The van der Waals surface area contributed by atoms with Crippen LogP contribution in [0.1, 0.15) is 26.3 Å². The molecule has 0 radical (unpaired) electrons. The molecule has 0 spiro atoms. The fraction of sp³-hybridized carbons (Fsp3) is 0.0667. The molecule has 96 valence electrons. The van der Waals surface area contributed by atoms with Gasteiger partial charge in [-0.3, -0.25) is 0 Å². The molecule has 0 aliphatic rings. The molecule has 0 aliphatic carbocycles. The number of benzene rings is 2. The van der Waals surface area contributed by atoms with Crippen LogP contribution in [0.25, 0.3) is 11.1 Å². The maximum atomic E-state index is 11.1. The molecule has 4 nitrogen and oxygen atoms in total. The fourth-order valence-corrected chi connectivity index (χ4v) is 2.00. The van der Waals surface area contributed by atoms with Crippen molar-refractivity contribution in [1.82, 2.24) is 0 Å². The van der Waals surface area contributed by atoms with E-state index in [0.29, 0.717) is 11.1 Å². The van der Waals surface area contributed by atoms with Crippen LogP contribution in [0.3, 0.4) is 0 Å². The SMILES string of the molecule is Cc1c(C(=O)O)cccc1-c1cccc(C(=O)O)c1. The Balaban J connectivity index is 2.59. The van der Waals surface area contributed by atoms with Gasteiger partial charge in [0.25, 0.3) is 0 Å². The topological polar surface area (TPSA) is 74.6 Å². The van der Waals surface area contributed by atoms with E-state index in [9.17, 15) is 9.59 Å². The summed E-state index contributed by atoms with van der Waals surface area (Å²) in [7, 11) is 0. The first kappa shape index (κ1) is 12.8. The Kier molecular flexibility index (Phi) is 3.33. The Morgan fingerprint density at radius 1 is 0.947 bits per heavy atom. The van der Waals surface area contributed by atoms with Crippen LogP contribution in [0.4, 0.5) is 0 Å². The van der Waals surface area contributed by atoms with Crippen molar-refractivity contribution in [1.29, 1.82) is 0 Å². The second-order valence-electron chi connectivity index (χ2n) is 4.17. The largest absolute Gasteiger partial charge is 0.478 e. The number of aromatic carboxylic acids is 2. The summed E-state index contributed by atoms with van der Waals surface area (Å²) < 4.78 is 0. The predicted octanol–water partition coefficient (Wildman–Crippen LogP) is 3.06. The minimum absolute atomic E-state index is 0.178. The number of carbonyl (C=O) groups is 2. The van der Waals surface area contributed by atoms with Gasteiger partial charge in [0, 0.05) is 0 Å². The number of rotatable bonds is 3. The van der Waals surface area contributed by atoms with Gasteiger partial charge in [-0.05, 0) is 41.8 Å². The summed E-state index contributed by atoms with van der Waals surface area (Å²) in [6, 6.07) is 11.4. The third kappa shape index (κ3) is 2.47. The molecule has 0 atom stereocenters. The molecule has 19 heavy (non-hydrogen) atoms. The van der Waals surface area contributed by atoms with E-state index in [2.05, 4.69) is 0 Å². The fourth-order valence-electron chi connectivity index (χ4n) is 2.00. The molecule has 0 saturated carbocycles. The van der Waals surface area contributed by atoms with Crippen molar-refractivity contribution in [3.63, 3.8) is 0 Å². The first-order valence-electron chi connectivity index (χ1n) is 5.67. The van der Waals surface area contributed by atoms with E-state index in [1.807, 2.05) is 0 Å². The molecule has 0 amide bonds. The molecule has 0 bridgehead atoms. The van der Waals surface area contributed by atoms with Gasteiger partial charge in [-0.25, -0.2) is 9.59 Å². The molecule has 2 aromatic carbocycles. The zero-order valence-electron chi connectivity index (χ0n) is 10.3. The number of carboxylic acids is 2. The van der Waals surface area contributed by atoms with Crippen molar-refractivity contribution in [3.8, 4) is 11.1 Å². The minimum Gasteiger partial charge on any atom is -0.478 e. The van der Waals surface area contributed by atoms with Crippen molar-refractivity contribution in [2.45, 2.75) is 6.92 Å². The van der Waals surface area contributed by atoms with E-state index < -0.39 is 11.9 Å². The summed E-state index contributed by atoms with van der Waals surface area (Å²) in [6.45, 7) is 1.71. The van der Waals surface area contributed by atoms with Crippen LogP contribution in [-0.4, -0.2) is 22.2 Å². The summed E-state index contributed by atoms with van der Waals surface area (Å²) in [4.78, 5) is 22.0. The predicted molar refractivity (Wildman–Crippen MR) is 70.5 cm³/mol. The van der Waals surface area contributed by atoms with E-state index in [1.165, 1.54) is 18.2 Å². The van der Waals surface area contributed by atoms with E-state index in [4.69, 9.17) is 10.2 Å². The van der Waals surface area contributed by atoms with Crippen molar-refractivity contribution < 1.29 is 19.8 Å². The summed E-state index contributed by atoms with van der Waals surface area (Å²) in [5, 5.41) is 18.1. The van der Waals surface area contributed by atoms with Crippen LogP contribution in [0.15, 0.2) is 42.5 Å². The van der Waals surface area contributed by atoms with Gasteiger partial charge in [0.05, 0.1) is 11.1 Å². The average Bonchev–Trinajstić information content (AvgIpc) is 2.38. The quantitative estimate of drug-likeness (QED) is 0.885. The maximum absolute atomic E-state index is 11.1. The number of hydrogen-bond donors (Lipinski definition) is 2.